The minimum atomic E-state index is -0.0803. The highest BCUT2D eigenvalue weighted by atomic mass is 16.5. The quantitative estimate of drug-likeness (QED) is 0.580. The molecule has 28 heavy (non-hydrogen) atoms. The Morgan fingerprint density at radius 3 is 3.04 bits per heavy atom. The van der Waals surface area contributed by atoms with Gasteiger partial charge in [0.15, 0.2) is 0 Å². The Hall–Kier alpha value is -3.19. The first-order chi connectivity index (χ1) is 13.8. The van der Waals surface area contributed by atoms with Crippen molar-refractivity contribution >= 4 is 22.1 Å². The van der Waals surface area contributed by atoms with E-state index in [1.807, 2.05) is 53.2 Å². The average molecular weight is 375 g/mol. The highest BCUT2D eigenvalue weighted by Crippen LogP contribution is 2.22. The molecule has 1 atom stereocenters. The van der Waals surface area contributed by atoms with Crippen LogP contribution in [0.2, 0.25) is 0 Å². The lowest BCUT2D eigenvalue weighted by Gasteiger charge is -2.15. The molecule has 0 spiro atoms. The summed E-state index contributed by atoms with van der Waals surface area (Å²) < 4.78 is 8.95. The minimum absolute atomic E-state index is 0.0803. The summed E-state index contributed by atoms with van der Waals surface area (Å²) in [6, 6.07) is 12.0. The third-order valence-corrected chi connectivity index (χ3v) is 5.16. The van der Waals surface area contributed by atoms with Gasteiger partial charge in [-0.2, -0.15) is 5.10 Å². The number of imidazole rings is 1. The lowest BCUT2D eigenvalue weighted by Crippen LogP contribution is -2.26. The van der Waals surface area contributed by atoms with E-state index in [4.69, 9.17) is 4.74 Å². The molecule has 1 aliphatic heterocycles. The van der Waals surface area contributed by atoms with Gasteiger partial charge in [0, 0.05) is 36.5 Å². The van der Waals surface area contributed by atoms with Gasteiger partial charge in [0.2, 0.25) is 0 Å². The summed E-state index contributed by atoms with van der Waals surface area (Å²) in [5.41, 5.74) is 2.61. The standard InChI is InChI=1S/C21H21N5O2/c27-21-20-15(4-3-5-18(20)23-17-8-11-28-14-17)12-22-26(21)10-7-16-13-25-9-2-1-6-19(25)24-16/h1-6,9,12-13,17,23H,7-8,10-11,14H2/t17-/m1/s1. The van der Waals surface area contributed by atoms with E-state index in [2.05, 4.69) is 15.4 Å². The van der Waals surface area contributed by atoms with Crippen LogP contribution >= 0.6 is 0 Å². The van der Waals surface area contributed by atoms with Crippen molar-refractivity contribution in [2.24, 2.45) is 0 Å². The fourth-order valence-corrected chi connectivity index (χ4v) is 3.71. The van der Waals surface area contributed by atoms with E-state index in [0.717, 1.165) is 35.4 Å². The van der Waals surface area contributed by atoms with Gasteiger partial charge >= 0.3 is 0 Å². The summed E-state index contributed by atoms with van der Waals surface area (Å²) in [6.07, 6.45) is 7.32. The third-order valence-electron chi connectivity index (χ3n) is 5.16. The summed E-state index contributed by atoms with van der Waals surface area (Å²) >= 11 is 0. The molecule has 1 aliphatic rings. The molecule has 3 aromatic heterocycles. The van der Waals surface area contributed by atoms with Gasteiger partial charge in [0.05, 0.1) is 36.5 Å². The van der Waals surface area contributed by atoms with E-state index in [-0.39, 0.29) is 11.6 Å². The van der Waals surface area contributed by atoms with Crippen molar-refractivity contribution < 1.29 is 4.74 Å². The van der Waals surface area contributed by atoms with E-state index >= 15 is 0 Å². The first-order valence-electron chi connectivity index (χ1n) is 9.54. The van der Waals surface area contributed by atoms with Crippen LogP contribution in [-0.2, 0) is 17.7 Å². The molecule has 1 fully saturated rings. The Labute approximate surface area is 161 Å². The Morgan fingerprint density at radius 1 is 1.21 bits per heavy atom. The van der Waals surface area contributed by atoms with E-state index in [0.29, 0.717) is 25.0 Å². The molecular formula is C21H21N5O2. The smallest absolute Gasteiger partial charge is 0.276 e. The molecule has 7 heteroatoms. The van der Waals surface area contributed by atoms with Crippen molar-refractivity contribution in [1.29, 1.82) is 0 Å². The van der Waals surface area contributed by atoms with Crippen LogP contribution < -0.4 is 10.9 Å². The number of anilines is 1. The molecule has 1 aromatic carbocycles. The fourth-order valence-electron chi connectivity index (χ4n) is 3.71. The van der Waals surface area contributed by atoms with Crippen LogP contribution in [-0.4, -0.2) is 38.4 Å². The van der Waals surface area contributed by atoms with Crippen LogP contribution in [0.4, 0.5) is 5.69 Å². The number of nitrogens with one attached hydrogen (secondary N) is 1. The van der Waals surface area contributed by atoms with Crippen LogP contribution in [0.3, 0.4) is 0 Å². The van der Waals surface area contributed by atoms with E-state index in [1.165, 1.54) is 4.68 Å². The van der Waals surface area contributed by atoms with Gasteiger partial charge in [-0.1, -0.05) is 18.2 Å². The Morgan fingerprint density at radius 2 is 2.18 bits per heavy atom. The number of hydrogen-bond acceptors (Lipinski definition) is 5. The van der Waals surface area contributed by atoms with Crippen LogP contribution in [0, 0.1) is 0 Å². The first-order valence-corrected chi connectivity index (χ1v) is 9.54. The second-order valence-corrected chi connectivity index (χ2v) is 7.10. The van der Waals surface area contributed by atoms with Gasteiger partial charge in [-0.15, -0.1) is 0 Å². The van der Waals surface area contributed by atoms with Crippen molar-refractivity contribution in [2.45, 2.75) is 25.4 Å². The fraction of sp³-hybridized carbons (Fsp3) is 0.286. The Balaban J connectivity index is 1.44. The van der Waals surface area contributed by atoms with Gasteiger partial charge in [-0.05, 0) is 24.6 Å². The number of pyridine rings is 1. The van der Waals surface area contributed by atoms with Crippen molar-refractivity contribution in [2.75, 3.05) is 18.5 Å². The maximum atomic E-state index is 13.1. The number of fused-ring (bicyclic) bond motifs is 2. The molecule has 0 amide bonds. The maximum Gasteiger partial charge on any atom is 0.276 e. The number of aromatic nitrogens is 4. The summed E-state index contributed by atoms with van der Waals surface area (Å²) in [5.74, 6) is 0. The van der Waals surface area contributed by atoms with Crippen molar-refractivity contribution in [3.8, 4) is 0 Å². The average Bonchev–Trinajstić information content (AvgIpc) is 3.36. The number of rotatable bonds is 5. The molecule has 0 radical (unpaired) electrons. The van der Waals surface area contributed by atoms with Gasteiger partial charge in [-0.25, -0.2) is 9.67 Å². The highest BCUT2D eigenvalue weighted by molar-refractivity contribution is 5.92. The molecular weight excluding hydrogens is 354 g/mol. The van der Waals surface area contributed by atoms with Crippen LogP contribution in [0.5, 0.6) is 0 Å². The number of nitrogens with zero attached hydrogens (tertiary/aromatic N) is 4. The second kappa shape index (κ2) is 7.09. The van der Waals surface area contributed by atoms with Gasteiger partial charge in [0.1, 0.15) is 5.65 Å². The molecule has 1 N–H and O–H groups in total. The molecule has 4 aromatic rings. The van der Waals surface area contributed by atoms with Gasteiger partial charge < -0.3 is 14.5 Å². The zero-order valence-electron chi connectivity index (χ0n) is 15.4. The van der Waals surface area contributed by atoms with Gasteiger partial charge in [0.25, 0.3) is 5.56 Å². The topological polar surface area (TPSA) is 73.5 Å². The predicted molar refractivity (Wildman–Crippen MR) is 108 cm³/mol. The highest BCUT2D eigenvalue weighted by Gasteiger charge is 2.17. The lowest BCUT2D eigenvalue weighted by molar-refractivity contribution is 0.195. The molecule has 7 nitrogen and oxygen atoms in total. The Kier molecular flexibility index (Phi) is 4.29. The molecule has 0 saturated carbocycles. The van der Waals surface area contributed by atoms with E-state index in [1.54, 1.807) is 6.20 Å². The molecule has 0 unspecified atom stereocenters. The predicted octanol–water partition coefficient (Wildman–Crippen LogP) is 2.49. The zero-order valence-corrected chi connectivity index (χ0v) is 15.4. The van der Waals surface area contributed by atoms with E-state index < -0.39 is 0 Å². The largest absolute Gasteiger partial charge is 0.379 e. The van der Waals surface area contributed by atoms with Crippen molar-refractivity contribution in [1.82, 2.24) is 19.2 Å². The number of benzene rings is 1. The molecule has 5 rings (SSSR count). The number of ether oxygens (including phenoxy) is 1. The maximum absolute atomic E-state index is 13.1. The molecule has 1 saturated heterocycles. The van der Waals surface area contributed by atoms with E-state index in [9.17, 15) is 4.79 Å². The molecule has 142 valence electrons. The second-order valence-electron chi connectivity index (χ2n) is 7.10. The van der Waals surface area contributed by atoms with Gasteiger partial charge in [-0.3, -0.25) is 4.79 Å². The molecule has 0 bridgehead atoms. The SMILES string of the molecule is O=c1c2c(N[C@@H]3CCOC3)cccc2cnn1CCc1cn2ccccc2n1. The molecule has 4 heterocycles. The van der Waals surface area contributed by atoms with Crippen molar-refractivity contribution in [3.05, 3.63) is 71.0 Å². The molecule has 0 aliphatic carbocycles. The summed E-state index contributed by atoms with van der Waals surface area (Å²) in [4.78, 5) is 17.7. The van der Waals surface area contributed by atoms with Crippen LogP contribution in [0.25, 0.3) is 16.4 Å². The van der Waals surface area contributed by atoms with Crippen LogP contribution in [0.15, 0.2) is 59.8 Å². The summed E-state index contributed by atoms with van der Waals surface area (Å²) in [5, 5.41) is 9.35. The first kappa shape index (κ1) is 16.9. The number of aryl methyl sites for hydroxylation is 2. The normalized spacial score (nSPS) is 16.8. The summed E-state index contributed by atoms with van der Waals surface area (Å²) in [6.45, 7) is 1.91. The van der Waals surface area contributed by atoms with Crippen molar-refractivity contribution in [3.63, 3.8) is 0 Å². The monoisotopic (exact) mass is 375 g/mol. The Bertz CT molecular complexity index is 1160. The number of hydrogen-bond donors (Lipinski definition) is 1. The third kappa shape index (κ3) is 3.14. The lowest BCUT2D eigenvalue weighted by atomic mass is 10.1. The van der Waals surface area contributed by atoms with Crippen LogP contribution in [0.1, 0.15) is 12.1 Å². The minimum Gasteiger partial charge on any atom is -0.379 e. The zero-order chi connectivity index (χ0) is 18.9. The summed E-state index contributed by atoms with van der Waals surface area (Å²) in [7, 11) is 0.